The first-order valence-electron chi connectivity index (χ1n) is 9.52. The van der Waals surface area contributed by atoms with E-state index in [0.717, 1.165) is 16.8 Å². The smallest absolute Gasteiger partial charge is 0.303 e. The molecule has 7 nitrogen and oxygen atoms in total. The fraction of sp³-hybridized carbons (Fsp3) is 0.318. The maximum absolute atomic E-state index is 12.8. The molecular formula is C22H23ClN2O5. The zero-order valence-corrected chi connectivity index (χ0v) is 17.6. The van der Waals surface area contributed by atoms with Crippen LogP contribution in [0.2, 0.25) is 5.02 Å². The fourth-order valence-corrected chi connectivity index (χ4v) is 3.51. The first kappa shape index (κ1) is 21.6. The van der Waals surface area contributed by atoms with Gasteiger partial charge in [0.25, 0.3) is 0 Å². The van der Waals surface area contributed by atoms with Crippen LogP contribution in [-0.4, -0.2) is 41.9 Å². The molecule has 0 aromatic heterocycles. The van der Waals surface area contributed by atoms with Crippen molar-refractivity contribution in [3.05, 3.63) is 58.6 Å². The summed E-state index contributed by atoms with van der Waals surface area (Å²) in [6, 6.07) is 12.5. The number of methoxy groups -OCH3 is 2. The maximum Gasteiger partial charge on any atom is 0.303 e. The van der Waals surface area contributed by atoms with E-state index in [1.807, 2.05) is 24.3 Å². The molecule has 0 spiro atoms. The van der Waals surface area contributed by atoms with Crippen molar-refractivity contribution in [1.29, 1.82) is 0 Å². The van der Waals surface area contributed by atoms with E-state index in [-0.39, 0.29) is 31.2 Å². The Bertz CT molecular complexity index is 959. The van der Waals surface area contributed by atoms with E-state index in [0.29, 0.717) is 22.9 Å². The van der Waals surface area contributed by atoms with Crippen molar-refractivity contribution in [2.24, 2.45) is 5.10 Å². The summed E-state index contributed by atoms with van der Waals surface area (Å²) in [6.07, 6.45) is 0.831. The quantitative estimate of drug-likeness (QED) is 0.674. The number of carboxylic acid groups (broad SMARTS) is 1. The summed E-state index contributed by atoms with van der Waals surface area (Å²) < 4.78 is 10.7. The Hall–Kier alpha value is -3.06. The molecule has 0 fully saturated rings. The third-order valence-electron chi connectivity index (χ3n) is 4.92. The fourth-order valence-electron chi connectivity index (χ4n) is 3.38. The second kappa shape index (κ2) is 9.63. The van der Waals surface area contributed by atoms with Crippen molar-refractivity contribution in [1.82, 2.24) is 5.01 Å². The van der Waals surface area contributed by atoms with Crippen LogP contribution < -0.4 is 9.47 Å². The van der Waals surface area contributed by atoms with Crippen LogP contribution in [0.1, 0.15) is 42.9 Å². The van der Waals surface area contributed by atoms with Crippen LogP contribution in [-0.2, 0) is 9.59 Å². The van der Waals surface area contributed by atoms with E-state index in [1.54, 1.807) is 32.4 Å². The second-order valence-corrected chi connectivity index (χ2v) is 7.31. The minimum atomic E-state index is -0.923. The first-order chi connectivity index (χ1) is 14.4. The van der Waals surface area contributed by atoms with E-state index < -0.39 is 5.97 Å². The molecule has 2 aromatic carbocycles. The minimum Gasteiger partial charge on any atom is -0.493 e. The van der Waals surface area contributed by atoms with Gasteiger partial charge >= 0.3 is 5.97 Å². The van der Waals surface area contributed by atoms with Gasteiger partial charge in [0, 0.05) is 29.8 Å². The van der Waals surface area contributed by atoms with E-state index in [4.69, 9.17) is 26.2 Å². The summed E-state index contributed by atoms with van der Waals surface area (Å²) in [7, 11) is 3.13. The number of aliphatic carboxylic acids is 1. The van der Waals surface area contributed by atoms with Crippen molar-refractivity contribution in [3.63, 3.8) is 0 Å². The second-order valence-electron chi connectivity index (χ2n) is 6.87. The standard InChI is InChI=1S/C22H23ClN2O5/c1-29-19-11-8-15(12-20(19)30-2)17-13-18(14-6-9-16(23)10-7-14)25(24-17)21(26)4-3-5-22(27)28/h6-12,18H,3-5,13H2,1-2H3,(H,27,28)/t18-/m0/s1. The number of halogens is 1. The number of hydrazone groups is 1. The lowest BCUT2D eigenvalue weighted by atomic mass is 9.98. The van der Waals surface area contributed by atoms with Crippen molar-refractivity contribution < 1.29 is 24.2 Å². The molecular weight excluding hydrogens is 408 g/mol. The topological polar surface area (TPSA) is 88.4 Å². The van der Waals surface area contributed by atoms with Gasteiger partial charge in [0.15, 0.2) is 11.5 Å². The molecule has 1 aliphatic rings. The molecule has 8 heteroatoms. The predicted molar refractivity (Wildman–Crippen MR) is 113 cm³/mol. The predicted octanol–water partition coefficient (Wildman–Crippen LogP) is 4.29. The highest BCUT2D eigenvalue weighted by molar-refractivity contribution is 6.30. The molecule has 1 atom stereocenters. The number of rotatable bonds is 8. The number of benzene rings is 2. The van der Waals surface area contributed by atoms with Gasteiger partial charge < -0.3 is 14.6 Å². The Balaban J connectivity index is 1.90. The highest BCUT2D eigenvalue weighted by Gasteiger charge is 2.33. The number of amides is 1. The van der Waals surface area contributed by atoms with Crippen LogP contribution in [0.15, 0.2) is 47.6 Å². The monoisotopic (exact) mass is 430 g/mol. The molecule has 0 aliphatic carbocycles. The zero-order chi connectivity index (χ0) is 21.7. The van der Waals surface area contributed by atoms with E-state index in [2.05, 4.69) is 5.10 Å². The van der Waals surface area contributed by atoms with Gasteiger partial charge in [0.2, 0.25) is 5.91 Å². The van der Waals surface area contributed by atoms with Gasteiger partial charge in [-0.05, 0) is 42.3 Å². The van der Waals surface area contributed by atoms with Crippen LogP contribution in [0, 0.1) is 0 Å². The van der Waals surface area contributed by atoms with Gasteiger partial charge in [-0.3, -0.25) is 9.59 Å². The lowest BCUT2D eigenvalue weighted by molar-refractivity contribution is -0.137. The number of nitrogens with zero attached hydrogens (tertiary/aromatic N) is 2. The lowest BCUT2D eigenvalue weighted by Gasteiger charge is -2.22. The van der Waals surface area contributed by atoms with Gasteiger partial charge in [0.05, 0.1) is 26.0 Å². The molecule has 0 saturated carbocycles. The van der Waals surface area contributed by atoms with Crippen LogP contribution in [0.5, 0.6) is 11.5 Å². The average Bonchev–Trinajstić information content (AvgIpc) is 3.19. The third-order valence-corrected chi connectivity index (χ3v) is 5.17. The summed E-state index contributed by atoms with van der Waals surface area (Å²) in [6.45, 7) is 0. The molecule has 0 radical (unpaired) electrons. The molecule has 3 rings (SSSR count). The average molecular weight is 431 g/mol. The number of hydrogen-bond acceptors (Lipinski definition) is 5. The molecule has 1 heterocycles. The van der Waals surface area contributed by atoms with Crippen LogP contribution in [0.25, 0.3) is 0 Å². The Morgan fingerprint density at radius 3 is 2.43 bits per heavy atom. The highest BCUT2D eigenvalue weighted by atomic mass is 35.5. The highest BCUT2D eigenvalue weighted by Crippen LogP contribution is 2.36. The van der Waals surface area contributed by atoms with Crippen LogP contribution >= 0.6 is 11.6 Å². The summed E-state index contributed by atoms with van der Waals surface area (Å²) in [5.41, 5.74) is 2.47. The van der Waals surface area contributed by atoms with Crippen molar-refractivity contribution in [3.8, 4) is 11.5 Å². The molecule has 2 aromatic rings. The summed E-state index contributed by atoms with van der Waals surface area (Å²) in [5.74, 6) is 0.0438. The molecule has 30 heavy (non-hydrogen) atoms. The van der Waals surface area contributed by atoms with Gasteiger partial charge in [-0.1, -0.05) is 23.7 Å². The van der Waals surface area contributed by atoms with Gasteiger partial charge in [-0.2, -0.15) is 5.10 Å². The Labute approximate surface area is 179 Å². The number of ether oxygens (including phenoxy) is 2. The maximum atomic E-state index is 12.8. The Morgan fingerprint density at radius 1 is 1.10 bits per heavy atom. The number of carboxylic acids is 1. The Morgan fingerprint density at radius 2 is 1.80 bits per heavy atom. The van der Waals surface area contributed by atoms with Gasteiger partial charge in [-0.15, -0.1) is 0 Å². The molecule has 158 valence electrons. The first-order valence-corrected chi connectivity index (χ1v) is 9.90. The molecule has 1 N–H and O–H groups in total. The largest absolute Gasteiger partial charge is 0.493 e. The normalized spacial score (nSPS) is 15.6. The van der Waals surface area contributed by atoms with Gasteiger partial charge in [0.1, 0.15) is 0 Å². The minimum absolute atomic E-state index is 0.0581. The third kappa shape index (κ3) is 4.91. The molecule has 1 amide bonds. The number of hydrogen-bond donors (Lipinski definition) is 1. The van der Waals surface area contributed by atoms with Crippen molar-refractivity contribution in [2.75, 3.05) is 14.2 Å². The summed E-state index contributed by atoms with van der Waals surface area (Å²) >= 11 is 6.01. The summed E-state index contributed by atoms with van der Waals surface area (Å²) in [4.78, 5) is 23.6. The molecule has 0 bridgehead atoms. The van der Waals surface area contributed by atoms with E-state index in [1.165, 1.54) is 5.01 Å². The van der Waals surface area contributed by atoms with Crippen LogP contribution in [0.4, 0.5) is 0 Å². The zero-order valence-electron chi connectivity index (χ0n) is 16.8. The number of carbonyl (C=O) groups excluding carboxylic acids is 1. The van der Waals surface area contributed by atoms with Crippen LogP contribution in [0.3, 0.4) is 0 Å². The number of carbonyl (C=O) groups is 2. The van der Waals surface area contributed by atoms with Crippen molar-refractivity contribution in [2.45, 2.75) is 31.7 Å². The SMILES string of the molecule is COc1ccc(C2=NN(C(=O)CCCC(=O)O)[C@H](c3ccc(Cl)cc3)C2)cc1OC. The molecule has 0 unspecified atom stereocenters. The summed E-state index contributed by atoms with van der Waals surface area (Å²) in [5, 5.41) is 15.5. The molecule has 1 aliphatic heterocycles. The van der Waals surface area contributed by atoms with Gasteiger partial charge in [-0.25, -0.2) is 5.01 Å². The Kier molecular flexibility index (Phi) is 6.95. The van der Waals surface area contributed by atoms with E-state index >= 15 is 0 Å². The molecule has 0 saturated heterocycles. The lowest BCUT2D eigenvalue weighted by Crippen LogP contribution is -2.27. The van der Waals surface area contributed by atoms with Crippen molar-refractivity contribution >= 4 is 29.2 Å². The van der Waals surface area contributed by atoms with E-state index in [9.17, 15) is 9.59 Å².